The molecule has 2 unspecified atom stereocenters. The number of amidine groups is 1. The number of rotatable bonds is 8. The Bertz CT molecular complexity index is 3680. The zero-order valence-electron chi connectivity index (χ0n) is 37.7. The molecule has 2 atom stereocenters. The first-order chi connectivity index (χ1) is 34.2. The van der Waals surface area contributed by atoms with Gasteiger partial charge in [-0.3, -0.25) is 10.3 Å². The Labute approximate surface area is 401 Å². The molecular weight excluding hydrogens is 839 g/mol. The molecule has 2 N–H and O–H groups in total. The van der Waals surface area contributed by atoms with Gasteiger partial charge in [0.15, 0.2) is 0 Å². The molecule has 0 saturated heterocycles. The quantitative estimate of drug-likeness (QED) is 0.149. The monoisotopic (exact) mass is 883 g/mol. The number of para-hydroxylation sites is 1. The van der Waals surface area contributed by atoms with Gasteiger partial charge in [-0.2, -0.15) is 0 Å². The van der Waals surface area contributed by atoms with Gasteiger partial charge in [0.1, 0.15) is 18.2 Å². The first-order valence-electron chi connectivity index (χ1n) is 23.6. The Balaban J connectivity index is 1.02. The number of hydrogen-bond acceptors (Lipinski definition) is 5. The maximum Gasteiger partial charge on any atom is 0.131 e. The highest BCUT2D eigenvalue weighted by molar-refractivity contribution is 6.10. The van der Waals surface area contributed by atoms with Crippen LogP contribution >= 0.6 is 0 Å². The van der Waals surface area contributed by atoms with E-state index < -0.39 is 5.41 Å². The van der Waals surface area contributed by atoms with Gasteiger partial charge in [-0.25, -0.2) is 9.98 Å². The van der Waals surface area contributed by atoms with Crippen LogP contribution in [0.3, 0.4) is 0 Å². The topological polar surface area (TPSA) is 62.2 Å². The van der Waals surface area contributed by atoms with Gasteiger partial charge < -0.3 is 5.32 Å². The van der Waals surface area contributed by atoms with E-state index in [4.69, 9.17) is 9.98 Å². The van der Waals surface area contributed by atoms with E-state index >= 15 is 0 Å². The predicted molar refractivity (Wildman–Crippen MR) is 282 cm³/mol. The Morgan fingerprint density at radius 1 is 0.420 bits per heavy atom. The summed E-state index contributed by atoms with van der Waals surface area (Å²) in [6, 6.07) is 85.3. The number of benzene rings is 9. The Hall–Kier alpha value is -8.77. The summed E-state index contributed by atoms with van der Waals surface area (Å²) in [6.07, 6.45) is 3.25. The van der Waals surface area contributed by atoms with Crippen LogP contribution in [0, 0.1) is 0 Å². The summed E-state index contributed by atoms with van der Waals surface area (Å²) in [5, 5.41) is 11.0. The molecule has 69 heavy (non-hydrogen) atoms. The molecule has 5 heteroatoms. The molecule has 0 radical (unpaired) electrons. The summed E-state index contributed by atoms with van der Waals surface area (Å²) < 4.78 is 0. The predicted octanol–water partition coefficient (Wildman–Crippen LogP) is 14.5. The summed E-state index contributed by atoms with van der Waals surface area (Å²) in [4.78, 5) is 15.2. The van der Waals surface area contributed by atoms with Gasteiger partial charge in [-0.1, -0.05) is 206 Å². The lowest BCUT2D eigenvalue weighted by Gasteiger charge is -2.34. The van der Waals surface area contributed by atoms with Crippen molar-refractivity contribution in [3.8, 4) is 44.6 Å². The van der Waals surface area contributed by atoms with Gasteiger partial charge >= 0.3 is 0 Å². The van der Waals surface area contributed by atoms with Gasteiger partial charge in [0.05, 0.1) is 16.6 Å². The zero-order valence-corrected chi connectivity index (χ0v) is 37.7. The van der Waals surface area contributed by atoms with E-state index in [2.05, 4.69) is 252 Å². The molecule has 0 bridgehead atoms. The second-order valence-electron chi connectivity index (χ2n) is 18.0. The SMILES string of the molecule is c1ccc(C2=NC(c3cc(-c4ccc(-c5nc6ccccc6c6ccncc56)cc4)cc(-c4cccc5c4-c4ccccc4C5(c4ccccc4)c4ccccc4)c3)NC(c3ccccc3)N2)cc1. The molecule has 11 aromatic rings. The molecule has 13 rings (SSSR count). The van der Waals surface area contributed by atoms with E-state index in [1.54, 1.807) is 0 Å². The summed E-state index contributed by atoms with van der Waals surface area (Å²) in [5.74, 6) is 0.846. The van der Waals surface area contributed by atoms with E-state index in [0.29, 0.717) is 0 Å². The summed E-state index contributed by atoms with van der Waals surface area (Å²) in [5.41, 5.74) is 17.7. The normalized spacial score (nSPS) is 15.8. The standard InChI is InChI=1S/C64H45N5/c1-5-18-44(19-6-1)61-67-62(45-20-7-2-8-21-45)69-63(68-61)48-39-46(42-32-34-43(35-33-42)60-55-41-65-37-36-52(55)53-26-14-16-31-58(53)66-60)38-47(40-48)51-28-17-30-57-59(51)54-27-13-15-29-56(54)64(57,49-22-9-3-10-23-49)50-24-11-4-12-25-50/h1-41,61,63,68H,(H,67,69). The van der Waals surface area contributed by atoms with Crippen molar-refractivity contribution < 1.29 is 0 Å². The second kappa shape index (κ2) is 16.8. The van der Waals surface area contributed by atoms with Crippen LogP contribution in [0.25, 0.3) is 66.3 Å². The molecule has 0 amide bonds. The minimum atomic E-state index is -0.522. The van der Waals surface area contributed by atoms with Gasteiger partial charge in [-0.15, -0.1) is 0 Å². The van der Waals surface area contributed by atoms with Crippen molar-refractivity contribution in [2.45, 2.75) is 17.7 Å². The molecule has 2 aliphatic rings. The molecule has 9 aromatic carbocycles. The molecule has 326 valence electrons. The Morgan fingerprint density at radius 2 is 1.04 bits per heavy atom. The Morgan fingerprint density at radius 3 is 1.81 bits per heavy atom. The lowest BCUT2D eigenvalue weighted by molar-refractivity contribution is 0.409. The average molecular weight is 884 g/mol. The maximum absolute atomic E-state index is 5.47. The van der Waals surface area contributed by atoms with Gasteiger partial charge in [0.2, 0.25) is 0 Å². The van der Waals surface area contributed by atoms with Gasteiger partial charge in [0, 0.05) is 34.3 Å². The number of aliphatic imine (C=N–C) groups is 1. The fraction of sp³-hybridized carbons (Fsp3) is 0.0469. The number of nitrogens with zero attached hydrogens (tertiary/aromatic N) is 3. The number of pyridine rings is 2. The van der Waals surface area contributed by atoms with Gasteiger partial charge in [-0.05, 0) is 102 Å². The minimum Gasteiger partial charge on any atom is -0.350 e. The van der Waals surface area contributed by atoms with Crippen LogP contribution in [0.4, 0.5) is 0 Å². The van der Waals surface area contributed by atoms with Crippen molar-refractivity contribution in [3.63, 3.8) is 0 Å². The molecule has 0 fully saturated rings. The van der Waals surface area contributed by atoms with E-state index in [1.807, 2.05) is 12.4 Å². The molecule has 3 heterocycles. The number of aromatic nitrogens is 2. The van der Waals surface area contributed by atoms with E-state index in [0.717, 1.165) is 72.1 Å². The summed E-state index contributed by atoms with van der Waals surface area (Å²) in [7, 11) is 0. The average Bonchev–Trinajstić information content (AvgIpc) is 3.75. The smallest absolute Gasteiger partial charge is 0.131 e. The van der Waals surface area contributed by atoms with Crippen LogP contribution in [0.5, 0.6) is 0 Å². The second-order valence-corrected chi connectivity index (χ2v) is 18.0. The highest BCUT2D eigenvalue weighted by Gasteiger charge is 2.46. The number of hydrogen-bond donors (Lipinski definition) is 2. The van der Waals surface area contributed by atoms with Gasteiger partial charge in [0.25, 0.3) is 0 Å². The third-order valence-corrected chi connectivity index (χ3v) is 14.1. The van der Waals surface area contributed by atoms with Crippen LogP contribution < -0.4 is 10.6 Å². The molecule has 1 aliphatic heterocycles. The van der Waals surface area contributed by atoms with Crippen molar-refractivity contribution in [3.05, 3.63) is 288 Å². The lowest BCUT2D eigenvalue weighted by Crippen LogP contribution is -2.44. The van der Waals surface area contributed by atoms with Crippen LogP contribution in [0.15, 0.2) is 254 Å². The molecule has 0 spiro atoms. The lowest BCUT2D eigenvalue weighted by atomic mass is 9.67. The van der Waals surface area contributed by atoms with Crippen LogP contribution in [0.2, 0.25) is 0 Å². The van der Waals surface area contributed by atoms with Crippen molar-refractivity contribution in [1.82, 2.24) is 20.6 Å². The first kappa shape index (κ1) is 40.5. The van der Waals surface area contributed by atoms with Crippen molar-refractivity contribution in [1.29, 1.82) is 0 Å². The Kier molecular flexibility index (Phi) is 9.88. The van der Waals surface area contributed by atoms with Crippen LogP contribution in [0.1, 0.15) is 51.3 Å². The summed E-state index contributed by atoms with van der Waals surface area (Å²) in [6.45, 7) is 0. The first-order valence-corrected chi connectivity index (χ1v) is 23.6. The highest BCUT2D eigenvalue weighted by atomic mass is 15.3. The molecular formula is C64H45N5. The highest BCUT2D eigenvalue weighted by Crippen LogP contribution is 2.58. The van der Waals surface area contributed by atoms with Crippen molar-refractivity contribution >= 4 is 27.5 Å². The fourth-order valence-corrected chi connectivity index (χ4v) is 11.0. The van der Waals surface area contributed by atoms with Crippen molar-refractivity contribution in [2.24, 2.45) is 4.99 Å². The third-order valence-electron chi connectivity index (χ3n) is 14.1. The minimum absolute atomic E-state index is 0.181. The largest absolute Gasteiger partial charge is 0.350 e. The van der Waals surface area contributed by atoms with E-state index in [1.165, 1.54) is 38.9 Å². The van der Waals surface area contributed by atoms with Crippen molar-refractivity contribution in [2.75, 3.05) is 0 Å². The van der Waals surface area contributed by atoms with Crippen LogP contribution in [-0.2, 0) is 5.41 Å². The molecule has 0 saturated carbocycles. The molecule has 5 nitrogen and oxygen atoms in total. The fourth-order valence-electron chi connectivity index (χ4n) is 11.0. The molecule has 1 aliphatic carbocycles. The third kappa shape index (κ3) is 6.85. The number of fused-ring (bicyclic) bond motifs is 6. The number of nitrogens with one attached hydrogen (secondary N) is 2. The molecule has 2 aromatic heterocycles. The van der Waals surface area contributed by atoms with Crippen LogP contribution in [-0.4, -0.2) is 15.8 Å². The van der Waals surface area contributed by atoms with E-state index in [9.17, 15) is 0 Å². The summed E-state index contributed by atoms with van der Waals surface area (Å²) >= 11 is 0. The zero-order chi connectivity index (χ0) is 45.7. The maximum atomic E-state index is 5.47. The van der Waals surface area contributed by atoms with E-state index in [-0.39, 0.29) is 12.3 Å².